The van der Waals surface area contributed by atoms with Gasteiger partial charge >= 0.3 is 0 Å². The molecule has 5 nitrogen and oxygen atoms in total. The second-order valence-corrected chi connectivity index (χ2v) is 9.96. The number of fused-ring (bicyclic) bond motifs is 1. The highest BCUT2D eigenvalue weighted by molar-refractivity contribution is 14.1. The minimum absolute atomic E-state index is 0.0952. The number of rotatable bonds is 7. The van der Waals surface area contributed by atoms with Crippen LogP contribution < -0.4 is 10.3 Å². The van der Waals surface area contributed by atoms with Crippen molar-refractivity contribution >= 4 is 78.2 Å². The molecule has 1 aromatic heterocycles. The first-order chi connectivity index (χ1) is 14.3. The molecule has 0 aliphatic heterocycles. The van der Waals surface area contributed by atoms with E-state index in [0.717, 1.165) is 29.3 Å². The van der Waals surface area contributed by atoms with E-state index < -0.39 is 0 Å². The van der Waals surface area contributed by atoms with Gasteiger partial charge in [0.25, 0.3) is 5.56 Å². The largest absolute Gasteiger partial charge is 0.487 e. The molecule has 0 aliphatic carbocycles. The highest BCUT2D eigenvalue weighted by Crippen LogP contribution is 2.28. The molecule has 3 aromatic rings. The Balaban J connectivity index is 2.10. The van der Waals surface area contributed by atoms with E-state index in [0.29, 0.717) is 23.3 Å². The smallest absolute Gasteiger partial charge is 0.282 e. The minimum Gasteiger partial charge on any atom is -0.487 e. The number of aromatic nitrogens is 2. The molecule has 0 bridgehead atoms. The van der Waals surface area contributed by atoms with Crippen molar-refractivity contribution in [2.75, 3.05) is 6.61 Å². The molecule has 3 rings (SSSR count). The van der Waals surface area contributed by atoms with E-state index in [9.17, 15) is 4.79 Å². The molecule has 1 heterocycles. The van der Waals surface area contributed by atoms with E-state index in [-0.39, 0.29) is 11.5 Å². The van der Waals surface area contributed by atoms with Crippen molar-refractivity contribution in [2.24, 2.45) is 5.10 Å². The van der Waals surface area contributed by atoms with Crippen LogP contribution in [-0.4, -0.2) is 22.5 Å². The zero-order chi connectivity index (χ0) is 21.8. The van der Waals surface area contributed by atoms with Gasteiger partial charge in [0.05, 0.1) is 24.3 Å². The fraction of sp³-hybridized carbons (Fsp3) is 0.227. The third-order valence-electron chi connectivity index (χ3n) is 4.57. The predicted molar refractivity (Wildman–Crippen MR) is 143 cm³/mol. The van der Waals surface area contributed by atoms with Gasteiger partial charge in [0.15, 0.2) is 0 Å². The lowest BCUT2D eigenvalue weighted by Crippen LogP contribution is -2.23. The van der Waals surface area contributed by atoms with Gasteiger partial charge < -0.3 is 4.74 Å². The molecule has 8 heteroatoms. The second kappa shape index (κ2) is 10.4. The minimum atomic E-state index is -0.178. The first-order valence-corrected chi connectivity index (χ1v) is 12.3. The fourth-order valence-corrected chi connectivity index (χ4v) is 5.33. The summed E-state index contributed by atoms with van der Waals surface area (Å²) in [7, 11) is 0. The van der Waals surface area contributed by atoms with Crippen molar-refractivity contribution in [1.82, 2.24) is 9.66 Å². The van der Waals surface area contributed by atoms with E-state index in [1.165, 1.54) is 4.68 Å². The van der Waals surface area contributed by atoms with Crippen molar-refractivity contribution < 1.29 is 4.74 Å². The van der Waals surface area contributed by atoms with E-state index in [1.54, 1.807) is 18.4 Å². The van der Waals surface area contributed by atoms with Crippen LogP contribution in [0.4, 0.5) is 0 Å². The summed E-state index contributed by atoms with van der Waals surface area (Å²) in [6.07, 6.45) is 4.27. The molecule has 0 radical (unpaired) electrons. The Hall–Kier alpha value is -1.27. The van der Waals surface area contributed by atoms with Crippen LogP contribution in [0.3, 0.4) is 0 Å². The molecule has 0 fully saturated rings. The lowest BCUT2D eigenvalue weighted by atomic mass is 10.1. The molecule has 1 atom stereocenters. The molecule has 0 aliphatic rings. The van der Waals surface area contributed by atoms with Gasteiger partial charge in [-0.15, -0.1) is 0 Å². The second-order valence-electron chi connectivity index (χ2n) is 6.72. The average molecular weight is 692 g/mol. The topological polar surface area (TPSA) is 56.5 Å². The summed E-state index contributed by atoms with van der Waals surface area (Å²) in [5.74, 6) is 1.57. The van der Waals surface area contributed by atoms with E-state index >= 15 is 0 Å². The van der Waals surface area contributed by atoms with Crippen molar-refractivity contribution in [3.63, 3.8) is 0 Å². The van der Waals surface area contributed by atoms with Crippen molar-refractivity contribution in [1.29, 1.82) is 0 Å². The maximum atomic E-state index is 13.2. The van der Waals surface area contributed by atoms with Crippen LogP contribution >= 0.6 is 61.1 Å². The van der Waals surface area contributed by atoms with Gasteiger partial charge in [0.1, 0.15) is 18.2 Å². The zero-order valence-corrected chi connectivity index (χ0v) is 22.4. The maximum Gasteiger partial charge on any atom is 0.282 e. The SMILES string of the molecule is C=CCOc1c(I)cc(C=Nn2c([C@H](C)CC)nc3ccc(Br)cc3c2=O)cc1I. The molecule has 0 N–H and O–H groups in total. The summed E-state index contributed by atoms with van der Waals surface area (Å²) in [5, 5.41) is 5.07. The summed E-state index contributed by atoms with van der Waals surface area (Å²) in [5.41, 5.74) is 1.38. The molecule has 0 spiro atoms. The molecule has 156 valence electrons. The van der Waals surface area contributed by atoms with E-state index in [2.05, 4.69) is 86.6 Å². The molecular weight excluding hydrogens is 672 g/mol. The Bertz CT molecular complexity index is 1170. The molecule has 0 amide bonds. The number of hydrogen-bond donors (Lipinski definition) is 0. The van der Waals surface area contributed by atoms with Crippen molar-refractivity contribution in [3.05, 3.63) is 76.3 Å². The number of ether oxygens (including phenoxy) is 1. The molecular formula is C22H20BrI2N3O2. The molecule has 0 saturated heterocycles. The number of nitrogens with zero attached hydrogens (tertiary/aromatic N) is 3. The standard InChI is InChI=1S/C22H20BrI2N3O2/c1-4-8-30-20-17(24)9-14(10-18(20)25)12-26-28-21(13(3)5-2)27-19-7-6-15(23)11-16(19)22(28)29/h4,6-7,9-13H,1,5,8H2,2-3H3/t13-/m1/s1. The molecule has 2 aromatic carbocycles. The van der Waals surface area contributed by atoms with Crippen molar-refractivity contribution in [3.8, 4) is 5.75 Å². The van der Waals surface area contributed by atoms with Crippen LogP contribution in [0.15, 0.2) is 57.4 Å². The average Bonchev–Trinajstić information content (AvgIpc) is 2.72. The summed E-state index contributed by atoms with van der Waals surface area (Å²) in [6.45, 7) is 8.26. The first-order valence-electron chi connectivity index (χ1n) is 9.35. The Morgan fingerprint density at radius 1 is 1.30 bits per heavy atom. The molecule has 30 heavy (non-hydrogen) atoms. The van der Waals surface area contributed by atoms with Crippen LogP contribution in [0.25, 0.3) is 10.9 Å². The van der Waals surface area contributed by atoms with Crippen LogP contribution in [0, 0.1) is 7.14 Å². The summed E-state index contributed by atoms with van der Waals surface area (Å²) < 4.78 is 9.93. The Morgan fingerprint density at radius 3 is 2.63 bits per heavy atom. The van der Waals surface area contributed by atoms with Gasteiger partial charge in [-0.1, -0.05) is 42.4 Å². The Labute approximate surface area is 211 Å². The fourth-order valence-electron chi connectivity index (χ4n) is 2.84. The monoisotopic (exact) mass is 691 g/mol. The lowest BCUT2D eigenvalue weighted by Gasteiger charge is -2.14. The lowest BCUT2D eigenvalue weighted by molar-refractivity contribution is 0.358. The summed E-state index contributed by atoms with van der Waals surface area (Å²) in [4.78, 5) is 17.9. The van der Waals surface area contributed by atoms with Gasteiger partial charge in [0.2, 0.25) is 0 Å². The first kappa shape index (κ1) is 23.4. The van der Waals surface area contributed by atoms with Gasteiger partial charge in [0, 0.05) is 10.4 Å². The summed E-state index contributed by atoms with van der Waals surface area (Å²) in [6, 6.07) is 9.48. The van der Waals surface area contributed by atoms with E-state index in [1.807, 2.05) is 24.3 Å². The highest BCUT2D eigenvalue weighted by atomic mass is 127. The predicted octanol–water partition coefficient (Wildman–Crippen LogP) is 6.33. The maximum absolute atomic E-state index is 13.2. The zero-order valence-electron chi connectivity index (χ0n) is 16.5. The van der Waals surface area contributed by atoms with Gasteiger partial charge in [-0.25, -0.2) is 4.98 Å². The normalized spacial score (nSPS) is 12.4. The molecule has 0 saturated carbocycles. The van der Waals surface area contributed by atoms with Crippen LogP contribution in [-0.2, 0) is 0 Å². The van der Waals surface area contributed by atoms with Gasteiger partial charge in [-0.2, -0.15) is 9.78 Å². The number of benzene rings is 2. The quantitative estimate of drug-likeness (QED) is 0.165. The van der Waals surface area contributed by atoms with Gasteiger partial charge in [-0.05, 0) is 87.5 Å². The summed E-state index contributed by atoms with van der Waals surface area (Å²) >= 11 is 7.91. The van der Waals surface area contributed by atoms with Crippen molar-refractivity contribution in [2.45, 2.75) is 26.2 Å². The third kappa shape index (κ3) is 5.13. The number of hydrogen-bond acceptors (Lipinski definition) is 4. The van der Waals surface area contributed by atoms with Crippen LogP contribution in [0.1, 0.15) is 37.6 Å². The van der Waals surface area contributed by atoms with Gasteiger partial charge in [-0.3, -0.25) is 4.79 Å². The van der Waals surface area contributed by atoms with Crippen LogP contribution in [0.5, 0.6) is 5.75 Å². The third-order valence-corrected chi connectivity index (χ3v) is 6.67. The van der Waals surface area contributed by atoms with E-state index in [4.69, 9.17) is 9.72 Å². The van der Waals surface area contributed by atoms with Crippen LogP contribution in [0.2, 0.25) is 0 Å². The Morgan fingerprint density at radius 2 is 2.00 bits per heavy atom. The highest BCUT2D eigenvalue weighted by Gasteiger charge is 2.16. The Kier molecular flexibility index (Phi) is 8.08. The number of halogens is 3. The molecule has 0 unspecified atom stereocenters.